The first-order valence-electron chi connectivity index (χ1n) is 17.8. The van der Waals surface area contributed by atoms with Gasteiger partial charge in [0, 0.05) is 21.9 Å². The summed E-state index contributed by atoms with van der Waals surface area (Å²) in [6.07, 6.45) is 6.95. The maximum Gasteiger partial charge on any atom is 0.161 e. The molecule has 0 atom stereocenters. The molecule has 5 aliphatic rings. The van der Waals surface area contributed by atoms with Crippen molar-refractivity contribution in [3.05, 3.63) is 145 Å². The number of para-hydroxylation sites is 1. The predicted molar refractivity (Wildman–Crippen MR) is 197 cm³/mol. The lowest BCUT2D eigenvalue weighted by Gasteiger charge is -2.61. The Kier molecular flexibility index (Phi) is 5.59. The fourth-order valence-electron chi connectivity index (χ4n) is 11.1. The lowest BCUT2D eigenvalue weighted by atomic mass is 9.43. The van der Waals surface area contributed by atoms with Gasteiger partial charge in [-0.15, -0.1) is 0 Å². The van der Waals surface area contributed by atoms with E-state index in [2.05, 4.69) is 133 Å². The molecular formula is C46H36N2. The monoisotopic (exact) mass is 616 g/mol. The molecule has 0 aliphatic heterocycles. The fraction of sp³-hybridized carbons (Fsp3) is 0.217. The molecule has 48 heavy (non-hydrogen) atoms. The highest BCUT2D eigenvalue weighted by Gasteiger charge is 2.62. The summed E-state index contributed by atoms with van der Waals surface area (Å²) >= 11 is 0. The second kappa shape index (κ2) is 9.97. The lowest BCUT2D eigenvalue weighted by molar-refractivity contribution is -0.0399. The van der Waals surface area contributed by atoms with Crippen molar-refractivity contribution in [2.75, 3.05) is 0 Å². The third-order valence-corrected chi connectivity index (χ3v) is 12.7. The summed E-state index contributed by atoms with van der Waals surface area (Å²) in [7, 11) is 0. The van der Waals surface area contributed by atoms with Gasteiger partial charge < -0.3 is 0 Å². The molecule has 4 saturated carbocycles. The average Bonchev–Trinajstić information content (AvgIpc) is 3.45. The summed E-state index contributed by atoms with van der Waals surface area (Å²) in [5.41, 5.74) is 12.7. The Morgan fingerprint density at radius 3 is 1.90 bits per heavy atom. The van der Waals surface area contributed by atoms with Crippen molar-refractivity contribution < 1.29 is 0 Å². The van der Waals surface area contributed by atoms with Crippen molar-refractivity contribution >= 4 is 21.7 Å². The number of fused-ring (bicyclic) bond motifs is 6. The first-order valence-corrected chi connectivity index (χ1v) is 17.8. The van der Waals surface area contributed by atoms with Crippen molar-refractivity contribution in [3.63, 3.8) is 0 Å². The predicted octanol–water partition coefficient (Wildman–Crippen LogP) is 11.5. The highest BCUT2D eigenvalue weighted by atomic mass is 14.9. The van der Waals surface area contributed by atoms with Crippen molar-refractivity contribution in [2.24, 2.45) is 23.7 Å². The van der Waals surface area contributed by atoms with Crippen LogP contribution < -0.4 is 0 Å². The molecule has 2 heteroatoms. The first-order chi connectivity index (χ1) is 23.8. The Balaban J connectivity index is 1.16. The molecule has 6 aromatic carbocycles. The molecule has 1 heterocycles. The molecule has 0 unspecified atom stereocenters. The van der Waals surface area contributed by atoms with E-state index >= 15 is 0 Å². The Hall–Kier alpha value is -5.08. The largest absolute Gasteiger partial charge is 0.228 e. The normalized spacial score (nSPS) is 24.8. The van der Waals surface area contributed by atoms with Gasteiger partial charge >= 0.3 is 0 Å². The first kappa shape index (κ1) is 26.9. The Labute approximate surface area is 281 Å². The lowest BCUT2D eigenvalue weighted by Crippen LogP contribution is -2.55. The molecular weight excluding hydrogens is 581 g/mol. The third-order valence-electron chi connectivity index (χ3n) is 12.7. The van der Waals surface area contributed by atoms with Crippen LogP contribution in [0.1, 0.15) is 43.2 Å². The highest BCUT2D eigenvalue weighted by molar-refractivity contribution is 6.07. The summed E-state index contributed by atoms with van der Waals surface area (Å²) in [5.74, 6) is 4.07. The summed E-state index contributed by atoms with van der Waals surface area (Å²) < 4.78 is 0. The van der Waals surface area contributed by atoms with Gasteiger partial charge in [-0.3, -0.25) is 0 Å². The van der Waals surface area contributed by atoms with E-state index in [1.807, 2.05) is 0 Å². The third kappa shape index (κ3) is 3.64. The Morgan fingerprint density at radius 2 is 1.10 bits per heavy atom. The van der Waals surface area contributed by atoms with E-state index in [-0.39, 0.29) is 5.41 Å². The van der Waals surface area contributed by atoms with Gasteiger partial charge in [0.2, 0.25) is 0 Å². The molecule has 1 aromatic heterocycles. The molecule has 4 bridgehead atoms. The van der Waals surface area contributed by atoms with Crippen LogP contribution in [0, 0.1) is 23.7 Å². The van der Waals surface area contributed by atoms with Gasteiger partial charge in [0.15, 0.2) is 5.82 Å². The Morgan fingerprint density at radius 1 is 0.458 bits per heavy atom. The van der Waals surface area contributed by atoms with Crippen LogP contribution in [-0.2, 0) is 5.41 Å². The number of benzene rings is 6. The SMILES string of the molecule is c1ccc(-c2ccc(-c3nc(-c4cccc5c4-c4c(ccc6ccccc46)C54C5CC6CC(C5)CC4C6)nc4ccccc34)cc2)cc1. The second-order valence-electron chi connectivity index (χ2n) is 15.0. The quantitative estimate of drug-likeness (QED) is 0.197. The van der Waals surface area contributed by atoms with E-state index < -0.39 is 0 Å². The van der Waals surface area contributed by atoms with Crippen LogP contribution in [0.2, 0.25) is 0 Å². The molecule has 230 valence electrons. The van der Waals surface area contributed by atoms with Crippen molar-refractivity contribution in [3.8, 4) is 44.9 Å². The van der Waals surface area contributed by atoms with Crippen LogP contribution in [0.5, 0.6) is 0 Å². The molecule has 1 spiro atoms. The molecule has 0 radical (unpaired) electrons. The molecule has 5 aliphatic carbocycles. The molecule has 0 saturated heterocycles. The standard InChI is InChI=1S/C46H36N2/c1-2-9-30(10-3-1)31-17-19-33(20-18-31)44-37-13-6-7-16-41(37)47-45(48-44)38-14-8-15-39-43(38)42-36-12-5-4-11-32(36)21-22-40(42)46(39)34-24-28-23-29(26-34)27-35(46)25-28/h1-22,28-29,34-35H,23-27H2. The number of nitrogens with zero attached hydrogens (tertiary/aromatic N) is 2. The zero-order valence-corrected chi connectivity index (χ0v) is 26.9. The second-order valence-corrected chi connectivity index (χ2v) is 15.0. The molecule has 4 fully saturated rings. The topological polar surface area (TPSA) is 25.8 Å². The van der Waals surface area contributed by atoms with Gasteiger partial charge in [0.1, 0.15) is 0 Å². The minimum Gasteiger partial charge on any atom is -0.228 e. The molecule has 2 nitrogen and oxygen atoms in total. The van der Waals surface area contributed by atoms with E-state index in [4.69, 9.17) is 9.97 Å². The van der Waals surface area contributed by atoms with Gasteiger partial charge in [0.25, 0.3) is 0 Å². The molecule has 0 amide bonds. The van der Waals surface area contributed by atoms with Gasteiger partial charge in [-0.1, -0.05) is 127 Å². The average molecular weight is 617 g/mol. The summed E-state index contributed by atoms with van der Waals surface area (Å²) in [6.45, 7) is 0. The maximum atomic E-state index is 5.49. The molecule has 7 aromatic rings. The number of aromatic nitrogens is 2. The van der Waals surface area contributed by atoms with Crippen molar-refractivity contribution in [1.82, 2.24) is 9.97 Å². The summed E-state index contributed by atoms with van der Waals surface area (Å²) in [5, 5.41) is 3.77. The van der Waals surface area contributed by atoms with E-state index in [1.54, 1.807) is 11.1 Å². The minimum atomic E-state index is 0.0884. The summed E-state index contributed by atoms with van der Waals surface area (Å²) in [4.78, 5) is 10.8. The van der Waals surface area contributed by atoms with Gasteiger partial charge in [-0.05, 0) is 106 Å². The zero-order valence-electron chi connectivity index (χ0n) is 26.9. The maximum absolute atomic E-state index is 5.49. The number of hydrogen-bond donors (Lipinski definition) is 0. The van der Waals surface area contributed by atoms with Crippen LogP contribution in [0.25, 0.3) is 66.6 Å². The molecule has 0 N–H and O–H groups in total. The van der Waals surface area contributed by atoms with Crippen LogP contribution >= 0.6 is 0 Å². The highest BCUT2D eigenvalue weighted by Crippen LogP contribution is 2.70. The smallest absolute Gasteiger partial charge is 0.161 e. The van der Waals surface area contributed by atoms with Gasteiger partial charge in [-0.2, -0.15) is 0 Å². The van der Waals surface area contributed by atoms with E-state index in [9.17, 15) is 0 Å². The van der Waals surface area contributed by atoms with E-state index in [1.165, 1.54) is 70.7 Å². The van der Waals surface area contributed by atoms with E-state index in [0.29, 0.717) is 11.8 Å². The van der Waals surface area contributed by atoms with Gasteiger partial charge in [0.05, 0.1) is 11.2 Å². The molecule has 12 rings (SSSR count). The minimum absolute atomic E-state index is 0.0884. The van der Waals surface area contributed by atoms with E-state index in [0.717, 1.165) is 39.8 Å². The van der Waals surface area contributed by atoms with Crippen LogP contribution in [0.4, 0.5) is 0 Å². The number of rotatable bonds is 3. The fourth-order valence-corrected chi connectivity index (χ4v) is 11.1. The Bertz CT molecular complexity index is 2380. The van der Waals surface area contributed by atoms with Crippen LogP contribution in [0.15, 0.2) is 133 Å². The van der Waals surface area contributed by atoms with Crippen molar-refractivity contribution in [2.45, 2.75) is 37.5 Å². The summed E-state index contributed by atoms with van der Waals surface area (Å²) in [6, 6.07) is 49.0. The zero-order chi connectivity index (χ0) is 31.4. The van der Waals surface area contributed by atoms with Gasteiger partial charge in [-0.25, -0.2) is 9.97 Å². The van der Waals surface area contributed by atoms with Crippen LogP contribution in [0.3, 0.4) is 0 Å². The van der Waals surface area contributed by atoms with Crippen molar-refractivity contribution in [1.29, 1.82) is 0 Å². The number of hydrogen-bond acceptors (Lipinski definition) is 2. The van der Waals surface area contributed by atoms with Crippen LogP contribution in [-0.4, -0.2) is 9.97 Å².